The molecule has 0 aliphatic carbocycles. The van der Waals surface area contributed by atoms with Gasteiger partial charge in [-0.2, -0.15) is 0 Å². The Labute approximate surface area is 144 Å². The van der Waals surface area contributed by atoms with Crippen LogP contribution in [0.15, 0.2) is 28.8 Å². The summed E-state index contributed by atoms with van der Waals surface area (Å²) in [5.74, 6) is 0.477. The molecule has 1 fully saturated rings. The molecule has 130 valence electrons. The monoisotopic (exact) mass is 341 g/mol. The van der Waals surface area contributed by atoms with Crippen molar-refractivity contribution in [2.45, 2.75) is 39.2 Å². The summed E-state index contributed by atoms with van der Waals surface area (Å²) in [5, 5.41) is 4.71. The molecule has 1 aliphatic rings. The summed E-state index contributed by atoms with van der Waals surface area (Å²) >= 11 is 0. The fourth-order valence-electron chi connectivity index (χ4n) is 3.75. The Morgan fingerprint density at radius 2 is 2.28 bits per heavy atom. The van der Waals surface area contributed by atoms with Gasteiger partial charge in [0.05, 0.1) is 23.7 Å². The number of hydrogen-bond acceptors (Lipinski definition) is 3. The number of hydrogen-bond donors (Lipinski definition) is 1. The van der Waals surface area contributed by atoms with E-state index in [1.54, 1.807) is 6.07 Å². The van der Waals surface area contributed by atoms with Gasteiger partial charge in [0.2, 0.25) is 5.91 Å². The molecule has 1 saturated heterocycles. The van der Waals surface area contributed by atoms with Gasteiger partial charge in [-0.05, 0) is 38.3 Å². The van der Waals surface area contributed by atoms with E-state index in [1.807, 2.05) is 30.9 Å². The summed E-state index contributed by atoms with van der Waals surface area (Å²) < 4.78 is 19.3. The third kappa shape index (κ3) is 2.71. The highest BCUT2D eigenvalue weighted by Gasteiger charge is 2.33. The van der Waals surface area contributed by atoms with E-state index >= 15 is 0 Å². The van der Waals surface area contributed by atoms with Crippen LogP contribution in [0.25, 0.3) is 10.9 Å². The van der Waals surface area contributed by atoms with E-state index in [1.165, 1.54) is 6.07 Å². The molecule has 0 spiro atoms. The third-order valence-corrected chi connectivity index (χ3v) is 4.98. The zero-order valence-corrected chi connectivity index (χ0v) is 14.3. The Morgan fingerprint density at radius 3 is 3.04 bits per heavy atom. The van der Waals surface area contributed by atoms with Gasteiger partial charge in [-0.25, -0.2) is 4.39 Å². The molecule has 1 N–H and O–H groups in total. The van der Waals surface area contributed by atoms with E-state index in [2.05, 4.69) is 10.1 Å². The molecule has 0 saturated carbocycles. The van der Waals surface area contributed by atoms with E-state index in [9.17, 15) is 9.18 Å². The number of benzene rings is 1. The standard InChI is InChI=1S/C19H20FN3O2/c1-11-9-17(25-22-11)16-7-4-8-23(16)18(24)10-14-12(2)21-19-13(14)5-3-6-15(19)20/h3,5-6,9,16,21H,4,7-8,10H2,1-2H3. The molecule has 0 radical (unpaired) electrons. The highest BCUT2D eigenvalue weighted by Crippen LogP contribution is 2.33. The highest BCUT2D eigenvalue weighted by atomic mass is 19.1. The van der Waals surface area contributed by atoms with Crippen LogP contribution < -0.4 is 0 Å². The maximum absolute atomic E-state index is 14.0. The quantitative estimate of drug-likeness (QED) is 0.788. The van der Waals surface area contributed by atoms with E-state index in [0.717, 1.165) is 40.9 Å². The third-order valence-electron chi connectivity index (χ3n) is 4.98. The number of aryl methyl sites for hydroxylation is 2. The Balaban J connectivity index is 1.62. The number of fused-ring (bicyclic) bond motifs is 1. The number of nitrogens with one attached hydrogen (secondary N) is 1. The lowest BCUT2D eigenvalue weighted by Gasteiger charge is -2.22. The van der Waals surface area contributed by atoms with Crippen molar-refractivity contribution in [3.05, 3.63) is 52.8 Å². The van der Waals surface area contributed by atoms with Crippen molar-refractivity contribution in [3.8, 4) is 0 Å². The number of para-hydroxylation sites is 1. The number of rotatable bonds is 3. The minimum Gasteiger partial charge on any atom is -0.359 e. The van der Waals surface area contributed by atoms with Crippen molar-refractivity contribution < 1.29 is 13.7 Å². The Bertz CT molecular complexity index is 943. The molecule has 2 aromatic heterocycles. The fraction of sp³-hybridized carbons (Fsp3) is 0.368. The largest absolute Gasteiger partial charge is 0.359 e. The number of likely N-dealkylation sites (tertiary alicyclic amines) is 1. The van der Waals surface area contributed by atoms with Crippen LogP contribution in [0.5, 0.6) is 0 Å². The van der Waals surface area contributed by atoms with Crippen LogP contribution in [0, 0.1) is 19.7 Å². The molecule has 1 aliphatic heterocycles. The SMILES string of the molecule is Cc1cc(C2CCCN2C(=O)Cc2c(C)[nH]c3c(F)cccc23)on1. The van der Waals surface area contributed by atoms with Gasteiger partial charge >= 0.3 is 0 Å². The molecule has 1 unspecified atom stereocenters. The van der Waals surface area contributed by atoms with Crippen molar-refractivity contribution in [1.29, 1.82) is 0 Å². The first-order valence-electron chi connectivity index (χ1n) is 8.53. The number of carbonyl (C=O) groups excluding carboxylic acids is 1. The van der Waals surface area contributed by atoms with Gasteiger partial charge < -0.3 is 14.4 Å². The summed E-state index contributed by atoms with van der Waals surface area (Å²) in [5.41, 5.74) is 2.97. The summed E-state index contributed by atoms with van der Waals surface area (Å²) in [6, 6.07) is 6.78. The molecule has 1 aromatic carbocycles. The number of nitrogens with zero attached hydrogens (tertiary/aromatic N) is 2. The van der Waals surface area contributed by atoms with E-state index < -0.39 is 0 Å². The van der Waals surface area contributed by atoms with Crippen LogP contribution >= 0.6 is 0 Å². The Kier molecular flexibility index (Phi) is 3.82. The second-order valence-corrected chi connectivity index (χ2v) is 6.68. The van der Waals surface area contributed by atoms with Crippen molar-refractivity contribution in [2.24, 2.45) is 0 Å². The summed E-state index contributed by atoms with van der Waals surface area (Å²) in [6.45, 7) is 4.46. The second kappa shape index (κ2) is 6.02. The number of H-pyrrole nitrogens is 1. The van der Waals surface area contributed by atoms with Gasteiger partial charge in [-0.15, -0.1) is 0 Å². The van der Waals surface area contributed by atoms with Crippen molar-refractivity contribution >= 4 is 16.8 Å². The number of amides is 1. The average Bonchev–Trinajstić information content (AvgIpc) is 3.28. The van der Waals surface area contributed by atoms with Crippen LogP contribution in [0.2, 0.25) is 0 Å². The van der Waals surface area contributed by atoms with Crippen LogP contribution in [-0.4, -0.2) is 27.5 Å². The zero-order chi connectivity index (χ0) is 17.6. The van der Waals surface area contributed by atoms with Crippen molar-refractivity contribution in [3.63, 3.8) is 0 Å². The molecular formula is C19H20FN3O2. The predicted octanol–water partition coefficient (Wildman–Crippen LogP) is 3.82. The number of aromatic amines is 1. The molecule has 1 amide bonds. The van der Waals surface area contributed by atoms with Crippen molar-refractivity contribution in [1.82, 2.24) is 15.0 Å². The Morgan fingerprint density at radius 1 is 1.44 bits per heavy atom. The van der Waals surface area contributed by atoms with Gasteiger partial charge in [0.25, 0.3) is 0 Å². The molecule has 0 bridgehead atoms. The average molecular weight is 341 g/mol. The molecule has 4 rings (SSSR count). The van der Waals surface area contributed by atoms with Crippen molar-refractivity contribution in [2.75, 3.05) is 6.54 Å². The maximum Gasteiger partial charge on any atom is 0.227 e. The number of carbonyl (C=O) groups is 1. The number of halogens is 1. The molecule has 1 atom stereocenters. The highest BCUT2D eigenvalue weighted by molar-refractivity contribution is 5.90. The van der Waals surface area contributed by atoms with Gasteiger partial charge in [-0.1, -0.05) is 17.3 Å². The summed E-state index contributed by atoms with van der Waals surface area (Å²) in [6.07, 6.45) is 2.07. The van der Waals surface area contributed by atoms with Crippen LogP contribution in [0.1, 0.15) is 41.6 Å². The molecular weight excluding hydrogens is 321 g/mol. The lowest BCUT2D eigenvalue weighted by molar-refractivity contribution is -0.131. The molecule has 3 heterocycles. The normalized spacial score (nSPS) is 17.6. The minimum absolute atomic E-state index is 0.0322. The summed E-state index contributed by atoms with van der Waals surface area (Å²) in [4.78, 5) is 17.9. The number of aromatic nitrogens is 2. The van der Waals surface area contributed by atoms with Crippen LogP contribution in [0.4, 0.5) is 4.39 Å². The molecule has 5 nitrogen and oxygen atoms in total. The van der Waals surface area contributed by atoms with E-state index in [-0.39, 0.29) is 24.2 Å². The predicted molar refractivity (Wildman–Crippen MR) is 91.6 cm³/mol. The first-order valence-corrected chi connectivity index (χ1v) is 8.53. The second-order valence-electron chi connectivity index (χ2n) is 6.68. The maximum atomic E-state index is 14.0. The topological polar surface area (TPSA) is 62.1 Å². The van der Waals surface area contributed by atoms with Crippen LogP contribution in [-0.2, 0) is 11.2 Å². The van der Waals surface area contributed by atoms with E-state index in [0.29, 0.717) is 12.1 Å². The Hall–Kier alpha value is -2.63. The smallest absolute Gasteiger partial charge is 0.227 e. The van der Waals surface area contributed by atoms with E-state index in [4.69, 9.17) is 4.52 Å². The first kappa shape index (κ1) is 15.9. The minimum atomic E-state index is -0.296. The summed E-state index contributed by atoms with van der Waals surface area (Å²) in [7, 11) is 0. The van der Waals surface area contributed by atoms with Gasteiger partial charge in [0, 0.05) is 23.7 Å². The van der Waals surface area contributed by atoms with Gasteiger partial charge in [0.1, 0.15) is 5.82 Å². The molecule has 6 heteroatoms. The van der Waals surface area contributed by atoms with Gasteiger partial charge in [0.15, 0.2) is 5.76 Å². The van der Waals surface area contributed by atoms with Crippen LogP contribution in [0.3, 0.4) is 0 Å². The fourth-order valence-corrected chi connectivity index (χ4v) is 3.75. The van der Waals surface area contributed by atoms with Gasteiger partial charge in [-0.3, -0.25) is 4.79 Å². The first-order chi connectivity index (χ1) is 12.0. The zero-order valence-electron chi connectivity index (χ0n) is 14.3. The lowest BCUT2D eigenvalue weighted by Crippen LogP contribution is -2.31. The lowest BCUT2D eigenvalue weighted by atomic mass is 10.1. The molecule has 3 aromatic rings. The molecule has 25 heavy (non-hydrogen) atoms.